The Morgan fingerprint density at radius 3 is 2.63 bits per heavy atom. The van der Waals surface area contributed by atoms with Gasteiger partial charge in [0.15, 0.2) is 0 Å². The molecule has 3 aromatic rings. The Morgan fingerprint density at radius 2 is 1.89 bits per heavy atom. The van der Waals surface area contributed by atoms with Gasteiger partial charge in [-0.1, -0.05) is 24.3 Å². The van der Waals surface area contributed by atoms with Gasteiger partial charge in [-0.25, -0.2) is 18.4 Å². The number of halogens is 2. The number of carbonyl (C=O) groups is 1. The fraction of sp³-hybridized carbons (Fsp3) is 0.250. The molecular formula is C20H18F2N4O. The molecule has 1 amide bonds. The molecule has 0 radical (unpaired) electrons. The molecule has 2 heterocycles. The molecule has 7 heteroatoms. The SMILES string of the molecule is O=C(c1ccccc1Cn1cncn1)N1CCC(c2c(F)cccc2F)C1. The van der Waals surface area contributed by atoms with Crippen LogP contribution >= 0.6 is 0 Å². The van der Waals surface area contributed by atoms with E-state index in [2.05, 4.69) is 10.1 Å². The summed E-state index contributed by atoms with van der Waals surface area (Å²) < 4.78 is 29.8. The van der Waals surface area contributed by atoms with E-state index in [9.17, 15) is 13.6 Å². The van der Waals surface area contributed by atoms with Crippen molar-refractivity contribution in [2.45, 2.75) is 18.9 Å². The van der Waals surface area contributed by atoms with Crippen molar-refractivity contribution < 1.29 is 13.6 Å². The van der Waals surface area contributed by atoms with Gasteiger partial charge in [-0.2, -0.15) is 5.10 Å². The first kappa shape index (κ1) is 17.3. The number of rotatable bonds is 4. The molecule has 1 atom stereocenters. The van der Waals surface area contributed by atoms with E-state index >= 15 is 0 Å². The van der Waals surface area contributed by atoms with Crippen molar-refractivity contribution in [1.29, 1.82) is 0 Å². The van der Waals surface area contributed by atoms with Gasteiger partial charge in [0.1, 0.15) is 24.3 Å². The summed E-state index contributed by atoms with van der Waals surface area (Å²) in [6.45, 7) is 1.20. The van der Waals surface area contributed by atoms with E-state index in [0.717, 1.165) is 5.56 Å². The number of amides is 1. The first-order chi connectivity index (χ1) is 13.1. The fourth-order valence-electron chi connectivity index (χ4n) is 3.61. The number of hydrogen-bond acceptors (Lipinski definition) is 3. The summed E-state index contributed by atoms with van der Waals surface area (Å²) in [6.07, 6.45) is 3.57. The molecule has 1 aliphatic rings. The van der Waals surface area contributed by atoms with E-state index in [4.69, 9.17) is 0 Å². The minimum Gasteiger partial charge on any atom is -0.338 e. The summed E-state index contributed by atoms with van der Waals surface area (Å²) in [4.78, 5) is 18.6. The molecule has 27 heavy (non-hydrogen) atoms. The van der Waals surface area contributed by atoms with Gasteiger partial charge in [0, 0.05) is 30.1 Å². The fourth-order valence-corrected chi connectivity index (χ4v) is 3.61. The molecule has 5 nitrogen and oxygen atoms in total. The van der Waals surface area contributed by atoms with Crippen LogP contribution < -0.4 is 0 Å². The predicted molar refractivity (Wildman–Crippen MR) is 95.2 cm³/mol. The zero-order valence-corrected chi connectivity index (χ0v) is 14.6. The highest BCUT2D eigenvalue weighted by atomic mass is 19.1. The molecule has 1 aromatic heterocycles. The number of aromatic nitrogens is 3. The number of hydrogen-bond donors (Lipinski definition) is 0. The molecule has 1 saturated heterocycles. The van der Waals surface area contributed by atoms with Crippen molar-refractivity contribution >= 4 is 5.91 Å². The van der Waals surface area contributed by atoms with Crippen molar-refractivity contribution in [2.24, 2.45) is 0 Å². The lowest BCUT2D eigenvalue weighted by Crippen LogP contribution is -2.29. The van der Waals surface area contributed by atoms with Crippen LogP contribution in [0.5, 0.6) is 0 Å². The normalized spacial score (nSPS) is 16.7. The van der Waals surface area contributed by atoms with Gasteiger partial charge >= 0.3 is 0 Å². The Bertz CT molecular complexity index is 938. The van der Waals surface area contributed by atoms with Crippen LogP contribution in [-0.4, -0.2) is 38.7 Å². The smallest absolute Gasteiger partial charge is 0.254 e. The molecule has 1 unspecified atom stereocenters. The highest BCUT2D eigenvalue weighted by molar-refractivity contribution is 5.96. The second-order valence-corrected chi connectivity index (χ2v) is 6.62. The topological polar surface area (TPSA) is 51.0 Å². The van der Waals surface area contributed by atoms with Crippen molar-refractivity contribution in [3.8, 4) is 0 Å². The lowest BCUT2D eigenvalue weighted by Gasteiger charge is -2.19. The van der Waals surface area contributed by atoms with Gasteiger partial charge in [-0.15, -0.1) is 0 Å². The zero-order valence-electron chi connectivity index (χ0n) is 14.6. The summed E-state index contributed by atoms with van der Waals surface area (Å²) >= 11 is 0. The van der Waals surface area contributed by atoms with E-state index in [1.807, 2.05) is 18.2 Å². The summed E-state index contributed by atoms with van der Waals surface area (Å²) in [5.74, 6) is -1.58. The van der Waals surface area contributed by atoms with Crippen LogP contribution in [0.15, 0.2) is 55.1 Å². The van der Waals surface area contributed by atoms with E-state index in [1.165, 1.54) is 24.5 Å². The quantitative estimate of drug-likeness (QED) is 0.710. The highest BCUT2D eigenvalue weighted by Gasteiger charge is 2.31. The van der Waals surface area contributed by atoms with Crippen LogP contribution in [0.3, 0.4) is 0 Å². The Kier molecular flexibility index (Phi) is 4.66. The summed E-state index contributed by atoms with van der Waals surface area (Å²) in [5.41, 5.74) is 1.47. The molecular weight excluding hydrogens is 350 g/mol. The molecule has 1 fully saturated rings. The highest BCUT2D eigenvalue weighted by Crippen LogP contribution is 2.32. The van der Waals surface area contributed by atoms with Gasteiger partial charge in [0.05, 0.1) is 6.54 Å². The molecule has 0 aliphatic carbocycles. The van der Waals surface area contributed by atoms with Crippen LogP contribution in [0, 0.1) is 11.6 Å². The first-order valence-electron chi connectivity index (χ1n) is 8.77. The molecule has 138 valence electrons. The second kappa shape index (κ2) is 7.26. The minimum atomic E-state index is -0.555. The molecule has 0 N–H and O–H groups in total. The molecule has 2 aromatic carbocycles. The Labute approximate surface area is 155 Å². The summed E-state index contributed by atoms with van der Waals surface area (Å²) in [5, 5.41) is 4.08. The molecule has 0 spiro atoms. The number of benzene rings is 2. The van der Waals surface area contributed by atoms with Crippen molar-refractivity contribution in [3.63, 3.8) is 0 Å². The Balaban J connectivity index is 1.55. The lowest BCUT2D eigenvalue weighted by atomic mass is 9.97. The summed E-state index contributed by atoms with van der Waals surface area (Å²) in [6, 6.07) is 11.2. The second-order valence-electron chi connectivity index (χ2n) is 6.62. The van der Waals surface area contributed by atoms with E-state index in [-0.39, 0.29) is 17.4 Å². The molecule has 4 rings (SSSR count). The third kappa shape index (κ3) is 3.45. The van der Waals surface area contributed by atoms with Gasteiger partial charge in [-0.3, -0.25) is 4.79 Å². The van der Waals surface area contributed by atoms with E-state index in [0.29, 0.717) is 31.6 Å². The largest absolute Gasteiger partial charge is 0.338 e. The van der Waals surface area contributed by atoms with Crippen LogP contribution in [0.25, 0.3) is 0 Å². The van der Waals surface area contributed by atoms with Crippen LogP contribution in [0.4, 0.5) is 8.78 Å². The monoisotopic (exact) mass is 368 g/mol. The van der Waals surface area contributed by atoms with Crippen molar-refractivity contribution in [1.82, 2.24) is 19.7 Å². The average Bonchev–Trinajstić information content (AvgIpc) is 3.34. The standard InChI is InChI=1S/C20H18F2N4O/c21-17-6-3-7-18(22)19(17)15-8-9-25(10-15)20(27)16-5-2-1-4-14(16)11-26-13-23-12-24-26/h1-7,12-13,15H,8-11H2. The van der Waals surface area contributed by atoms with Crippen molar-refractivity contribution in [2.75, 3.05) is 13.1 Å². The number of nitrogens with zero attached hydrogens (tertiary/aromatic N) is 4. The predicted octanol–water partition coefficient (Wildman–Crippen LogP) is 3.23. The molecule has 0 bridgehead atoms. The zero-order chi connectivity index (χ0) is 18.8. The van der Waals surface area contributed by atoms with Gasteiger partial charge in [0.2, 0.25) is 0 Å². The van der Waals surface area contributed by atoms with Crippen molar-refractivity contribution in [3.05, 3.63) is 83.4 Å². The number of carbonyl (C=O) groups excluding carboxylic acids is 1. The third-order valence-corrected chi connectivity index (χ3v) is 4.93. The van der Waals surface area contributed by atoms with E-state index in [1.54, 1.807) is 22.0 Å². The van der Waals surface area contributed by atoms with Gasteiger partial charge < -0.3 is 4.90 Å². The minimum absolute atomic E-state index is 0.0729. The van der Waals surface area contributed by atoms with Crippen LogP contribution in [0.2, 0.25) is 0 Å². The molecule has 0 saturated carbocycles. The Hall–Kier alpha value is -3.09. The lowest BCUT2D eigenvalue weighted by molar-refractivity contribution is 0.0789. The maximum absolute atomic E-state index is 14.1. The third-order valence-electron chi connectivity index (χ3n) is 4.93. The van der Waals surface area contributed by atoms with Crippen LogP contribution in [0.1, 0.15) is 33.8 Å². The maximum Gasteiger partial charge on any atom is 0.254 e. The first-order valence-corrected chi connectivity index (χ1v) is 8.77. The van der Waals surface area contributed by atoms with E-state index < -0.39 is 11.6 Å². The van der Waals surface area contributed by atoms with Crippen LogP contribution in [-0.2, 0) is 6.54 Å². The van der Waals surface area contributed by atoms with Gasteiger partial charge in [0.25, 0.3) is 5.91 Å². The van der Waals surface area contributed by atoms with Gasteiger partial charge in [-0.05, 0) is 30.2 Å². The average molecular weight is 368 g/mol. The Morgan fingerprint density at radius 1 is 1.11 bits per heavy atom. The maximum atomic E-state index is 14.1. The summed E-state index contributed by atoms with van der Waals surface area (Å²) in [7, 11) is 0. The number of likely N-dealkylation sites (tertiary alicyclic amines) is 1. The molecule has 1 aliphatic heterocycles.